The van der Waals surface area contributed by atoms with Gasteiger partial charge in [-0.15, -0.1) is 0 Å². The van der Waals surface area contributed by atoms with E-state index in [0.717, 1.165) is 18.0 Å². The third kappa shape index (κ3) is 3.89. The van der Waals surface area contributed by atoms with Crippen LogP contribution in [0.1, 0.15) is 33.0 Å². The lowest BCUT2D eigenvalue weighted by Gasteiger charge is -2.28. The van der Waals surface area contributed by atoms with Crippen molar-refractivity contribution in [3.05, 3.63) is 81.9 Å². The van der Waals surface area contributed by atoms with E-state index in [1.807, 2.05) is 4.57 Å². The fraction of sp³-hybridized carbons (Fsp3) is 0.250. The molecule has 1 aromatic carbocycles. The summed E-state index contributed by atoms with van der Waals surface area (Å²) < 4.78 is 54.2. The molecule has 0 aliphatic carbocycles. The lowest BCUT2D eigenvalue weighted by atomic mass is 10.1. The Kier molecular flexibility index (Phi) is 5.23. The lowest BCUT2D eigenvalue weighted by Crippen LogP contribution is -2.37. The van der Waals surface area contributed by atoms with Crippen LogP contribution in [-0.4, -0.2) is 31.9 Å². The number of hydrogen-bond acceptors (Lipinski definition) is 3. The third-order valence-electron chi connectivity index (χ3n) is 4.93. The number of carbonyl (C=O) groups excluding carboxylic acids is 1. The van der Waals surface area contributed by atoms with Crippen LogP contribution in [-0.2, 0) is 25.7 Å². The first kappa shape index (κ1) is 20.3. The van der Waals surface area contributed by atoms with Crippen molar-refractivity contribution in [3.8, 4) is 0 Å². The first-order valence-corrected chi connectivity index (χ1v) is 9.40. The first-order chi connectivity index (χ1) is 14.2. The molecular formula is C20H15ClF4N4O. The third-order valence-corrected chi connectivity index (χ3v) is 5.34. The van der Waals surface area contributed by atoms with Crippen LogP contribution in [0.15, 0.2) is 42.9 Å². The fourth-order valence-corrected chi connectivity index (χ4v) is 3.75. The number of alkyl halides is 3. The molecule has 0 unspecified atom stereocenters. The molecule has 1 amide bonds. The van der Waals surface area contributed by atoms with Crippen LogP contribution in [0.5, 0.6) is 0 Å². The SMILES string of the molecule is O=C(c1cccc(C(F)(F)F)c1Cl)N1CCc2c(ncn2Cc2ccc(F)cn2)C1. The second-order valence-electron chi connectivity index (χ2n) is 6.88. The van der Waals surface area contributed by atoms with Crippen molar-refractivity contribution in [2.75, 3.05) is 6.54 Å². The number of benzene rings is 1. The van der Waals surface area contributed by atoms with Crippen molar-refractivity contribution in [2.45, 2.75) is 25.7 Å². The largest absolute Gasteiger partial charge is 0.417 e. The van der Waals surface area contributed by atoms with E-state index in [4.69, 9.17) is 11.6 Å². The number of rotatable bonds is 3. The second-order valence-corrected chi connectivity index (χ2v) is 7.25. The molecule has 0 saturated heterocycles. The van der Waals surface area contributed by atoms with Gasteiger partial charge in [0.25, 0.3) is 5.91 Å². The van der Waals surface area contributed by atoms with Crippen molar-refractivity contribution in [3.63, 3.8) is 0 Å². The summed E-state index contributed by atoms with van der Waals surface area (Å²) in [6.07, 6.45) is -1.42. The van der Waals surface area contributed by atoms with Gasteiger partial charge in [0.2, 0.25) is 0 Å². The number of carbonyl (C=O) groups is 1. The Morgan fingerprint density at radius 3 is 2.67 bits per heavy atom. The number of nitrogens with zero attached hydrogens (tertiary/aromatic N) is 4. The summed E-state index contributed by atoms with van der Waals surface area (Å²) in [5.41, 5.74) is 0.986. The van der Waals surface area contributed by atoms with Crippen LogP contribution in [0, 0.1) is 5.82 Å². The van der Waals surface area contributed by atoms with E-state index in [-0.39, 0.29) is 12.1 Å². The summed E-state index contributed by atoms with van der Waals surface area (Å²) in [6.45, 7) is 0.863. The number of halogens is 5. The van der Waals surface area contributed by atoms with E-state index in [0.29, 0.717) is 30.9 Å². The van der Waals surface area contributed by atoms with Crippen LogP contribution >= 0.6 is 11.6 Å². The maximum atomic E-state index is 13.1. The number of fused-ring (bicyclic) bond motifs is 1. The summed E-state index contributed by atoms with van der Waals surface area (Å²) in [5, 5.41) is -0.603. The van der Waals surface area contributed by atoms with E-state index in [9.17, 15) is 22.4 Å². The first-order valence-electron chi connectivity index (χ1n) is 9.02. The highest BCUT2D eigenvalue weighted by molar-refractivity contribution is 6.34. The Morgan fingerprint density at radius 2 is 1.97 bits per heavy atom. The molecule has 0 bridgehead atoms. The van der Waals surface area contributed by atoms with Gasteiger partial charge in [-0.3, -0.25) is 9.78 Å². The normalized spacial score (nSPS) is 14.0. The van der Waals surface area contributed by atoms with Gasteiger partial charge in [0.1, 0.15) is 5.82 Å². The Labute approximate surface area is 173 Å². The monoisotopic (exact) mass is 438 g/mol. The van der Waals surface area contributed by atoms with E-state index in [1.54, 1.807) is 12.4 Å². The molecule has 10 heteroatoms. The molecule has 0 N–H and O–H groups in total. The summed E-state index contributed by atoms with van der Waals surface area (Å²) in [7, 11) is 0. The topological polar surface area (TPSA) is 51.0 Å². The summed E-state index contributed by atoms with van der Waals surface area (Å²) in [4.78, 5) is 22.6. The average molecular weight is 439 g/mol. The maximum Gasteiger partial charge on any atom is 0.417 e. The second kappa shape index (κ2) is 7.71. The number of pyridine rings is 1. The minimum Gasteiger partial charge on any atom is -0.332 e. The molecule has 3 aromatic rings. The molecule has 0 radical (unpaired) electrons. The quantitative estimate of drug-likeness (QED) is 0.572. The fourth-order valence-electron chi connectivity index (χ4n) is 3.44. The van der Waals surface area contributed by atoms with E-state index < -0.39 is 28.5 Å². The van der Waals surface area contributed by atoms with Gasteiger partial charge < -0.3 is 9.47 Å². The van der Waals surface area contributed by atoms with Crippen LogP contribution < -0.4 is 0 Å². The molecule has 1 aliphatic heterocycles. The number of hydrogen-bond donors (Lipinski definition) is 0. The highest BCUT2D eigenvalue weighted by Crippen LogP contribution is 2.36. The molecule has 0 spiro atoms. The van der Waals surface area contributed by atoms with Crippen LogP contribution in [0.4, 0.5) is 17.6 Å². The zero-order valence-corrected chi connectivity index (χ0v) is 16.2. The van der Waals surface area contributed by atoms with Gasteiger partial charge in [0.15, 0.2) is 0 Å². The van der Waals surface area contributed by atoms with E-state index >= 15 is 0 Å². The number of aromatic nitrogens is 3. The van der Waals surface area contributed by atoms with Crippen molar-refractivity contribution in [2.24, 2.45) is 0 Å². The Bertz CT molecular complexity index is 1100. The molecule has 30 heavy (non-hydrogen) atoms. The van der Waals surface area contributed by atoms with Gasteiger partial charge in [0, 0.05) is 18.7 Å². The molecule has 2 aromatic heterocycles. The van der Waals surface area contributed by atoms with Gasteiger partial charge in [-0.25, -0.2) is 9.37 Å². The Morgan fingerprint density at radius 1 is 1.17 bits per heavy atom. The number of imidazole rings is 1. The lowest BCUT2D eigenvalue weighted by molar-refractivity contribution is -0.137. The van der Waals surface area contributed by atoms with Crippen LogP contribution in [0.2, 0.25) is 5.02 Å². The number of amides is 1. The summed E-state index contributed by atoms with van der Waals surface area (Å²) in [6, 6.07) is 6.20. The minimum absolute atomic E-state index is 0.157. The van der Waals surface area contributed by atoms with E-state index in [2.05, 4.69) is 9.97 Å². The summed E-state index contributed by atoms with van der Waals surface area (Å²) in [5.74, 6) is -1.000. The molecule has 5 nitrogen and oxygen atoms in total. The average Bonchev–Trinajstić information content (AvgIpc) is 3.10. The van der Waals surface area contributed by atoms with Gasteiger partial charge in [-0.05, 0) is 24.3 Å². The molecule has 4 rings (SSSR count). The van der Waals surface area contributed by atoms with Crippen LogP contribution in [0.25, 0.3) is 0 Å². The van der Waals surface area contributed by atoms with Crippen molar-refractivity contribution < 1.29 is 22.4 Å². The highest BCUT2D eigenvalue weighted by Gasteiger charge is 2.35. The Hall–Kier alpha value is -2.94. The molecule has 0 saturated carbocycles. The van der Waals surface area contributed by atoms with Gasteiger partial charge >= 0.3 is 6.18 Å². The molecule has 0 atom stereocenters. The smallest absolute Gasteiger partial charge is 0.332 e. The van der Waals surface area contributed by atoms with Crippen molar-refractivity contribution in [1.82, 2.24) is 19.4 Å². The molecule has 3 heterocycles. The van der Waals surface area contributed by atoms with Gasteiger partial charge in [-0.1, -0.05) is 17.7 Å². The van der Waals surface area contributed by atoms with E-state index in [1.165, 1.54) is 23.1 Å². The van der Waals surface area contributed by atoms with Crippen LogP contribution in [0.3, 0.4) is 0 Å². The molecule has 156 valence electrons. The molecule has 0 fully saturated rings. The summed E-state index contributed by atoms with van der Waals surface area (Å²) >= 11 is 5.89. The molecular weight excluding hydrogens is 424 g/mol. The minimum atomic E-state index is -4.64. The van der Waals surface area contributed by atoms with Crippen molar-refractivity contribution in [1.29, 1.82) is 0 Å². The van der Waals surface area contributed by atoms with Gasteiger partial charge in [-0.2, -0.15) is 13.2 Å². The zero-order valence-electron chi connectivity index (χ0n) is 15.5. The van der Waals surface area contributed by atoms with Gasteiger partial charge in [0.05, 0.1) is 53.2 Å². The Balaban J connectivity index is 1.53. The maximum absolute atomic E-state index is 13.1. The molecule has 1 aliphatic rings. The standard InChI is InChI=1S/C20H15ClF4N4O/c21-18-14(2-1-3-15(18)20(23,24)25)19(30)28-7-6-17-16(10-28)27-11-29(17)9-13-5-4-12(22)8-26-13/h1-5,8,11H,6-7,9-10H2. The predicted molar refractivity (Wildman–Crippen MR) is 100 cm³/mol. The zero-order chi connectivity index (χ0) is 21.5. The highest BCUT2D eigenvalue weighted by atomic mass is 35.5. The predicted octanol–water partition coefficient (Wildman–Crippen LogP) is 4.34. The van der Waals surface area contributed by atoms with Crippen molar-refractivity contribution >= 4 is 17.5 Å².